The Morgan fingerprint density at radius 1 is 1.31 bits per heavy atom. The van der Waals surface area contributed by atoms with Crippen molar-refractivity contribution in [3.8, 4) is 0 Å². The van der Waals surface area contributed by atoms with Gasteiger partial charge in [-0.3, -0.25) is 10.3 Å². The molecule has 3 aromatic heterocycles. The lowest BCUT2D eigenvalue weighted by Gasteiger charge is -2.17. The van der Waals surface area contributed by atoms with Crippen LogP contribution in [0.3, 0.4) is 0 Å². The minimum atomic E-state index is -0.170. The SMILES string of the molecule is CCn1ncc2c(Nc3nccs3)c(C3=CC4(CCCC4)ON3)cnc21. The van der Waals surface area contributed by atoms with Crippen molar-refractivity contribution in [2.45, 2.75) is 44.8 Å². The van der Waals surface area contributed by atoms with E-state index in [1.54, 1.807) is 17.5 Å². The molecule has 0 atom stereocenters. The fraction of sp³-hybridized carbons (Fsp3) is 0.389. The van der Waals surface area contributed by atoms with Gasteiger partial charge in [0.25, 0.3) is 0 Å². The highest BCUT2D eigenvalue weighted by molar-refractivity contribution is 7.13. The molecule has 7 nitrogen and oxygen atoms in total. The lowest BCUT2D eigenvalue weighted by molar-refractivity contribution is -0.0289. The number of anilines is 2. The van der Waals surface area contributed by atoms with Gasteiger partial charge in [0.15, 0.2) is 10.8 Å². The lowest BCUT2D eigenvalue weighted by Crippen LogP contribution is -2.25. The molecule has 0 amide bonds. The molecule has 1 saturated carbocycles. The van der Waals surface area contributed by atoms with E-state index in [0.29, 0.717) is 0 Å². The molecule has 0 bridgehead atoms. The van der Waals surface area contributed by atoms with Crippen LogP contribution in [0.1, 0.15) is 38.2 Å². The minimum absolute atomic E-state index is 0.170. The van der Waals surface area contributed by atoms with Gasteiger partial charge in [-0.15, -0.1) is 11.3 Å². The van der Waals surface area contributed by atoms with E-state index in [9.17, 15) is 0 Å². The quantitative estimate of drug-likeness (QED) is 0.729. The molecule has 4 heterocycles. The standard InChI is InChI=1S/C18H20N6OS/c1-2-24-16-13(11-21-24)15(22-17-19-7-8-26-17)12(10-20-16)14-9-18(25-23-14)5-3-4-6-18/h7-11,23H,2-6H2,1H3,(H,19,20,22). The first kappa shape index (κ1) is 15.8. The van der Waals surface area contributed by atoms with Gasteiger partial charge < -0.3 is 5.32 Å². The number of hydrogen-bond acceptors (Lipinski definition) is 7. The summed E-state index contributed by atoms with van der Waals surface area (Å²) in [5, 5.41) is 11.7. The van der Waals surface area contributed by atoms with Crippen LogP contribution >= 0.6 is 11.3 Å². The Morgan fingerprint density at radius 2 is 2.19 bits per heavy atom. The summed E-state index contributed by atoms with van der Waals surface area (Å²) in [4.78, 5) is 15.0. The van der Waals surface area contributed by atoms with E-state index in [1.165, 1.54) is 12.8 Å². The van der Waals surface area contributed by atoms with Crippen molar-refractivity contribution < 1.29 is 4.84 Å². The average molecular weight is 368 g/mol. The van der Waals surface area contributed by atoms with Crippen LogP contribution in [0.4, 0.5) is 10.8 Å². The number of pyridine rings is 1. The van der Waals surface area contributed by atoms with Crippen molar-refractivity contribution in [3.63, 3.8) is 0 Å². The second-order valence-electron chi connectivity index (χ2n) is 6.74. The molecule has 134 valence electrons. The van der Waals surface area contributed by atoms with Crippen LogP contribution in [0, 0.1) is 0 Å². The third kappa shape index (κ3) is 2.48. The number of thiazole rings is 1. The lowest BCUT2D eigenvalue weighted by atomic mass is 9.99. The van der Waals surface area contributed by atoms with E-state index < -0.39 is 0 Å². The van der Waals surface area contributed by atoms with Crippen molar-refractivity contribution in [1.29, 1.82) is 0 Å². The molecule has 3 aromatic rings. The first-order valence-corrected chi connectivity index (χ1v) is 9.84. The molecule has 0 saturated heterocycles. The zero-order valence-corrected chi connectivity index (χ0v) is 15.3. The monoisotopic (exact) mass is 368 g/mol. The van der Waals surface area contributed by atoms with Crippen molar-refractivity contribution in [2.24, 2.45) is 0 Å². The molecule has 1 aliphatic heterocycles. The molecule has 1 fully saturated rings. The van der Waals surface area contributed by atoms with E-state index in [2.05, 4.69) is 38.9 Å². The predicted octanol–water partition coefficient (Wildman–Crippen LogP) is 3.84. The minimum Gasteiger partial charge on any atom is -0.330 e. The molecule has 2 aliphatic rings. The average Bonchev–Trinajstić information content (AvgIpc) is 3.43. The number of hydrogen-bond donors (Lipinski definition) is 2. The highest BCUT2D eigenvalue weighted by Crippen LogP contribution is 2.41. The van der Waals surface area contributed by atoms with Gasteiger partial charge in [-0.2, -0.15) is 5.10 Å². The molecule has 0 radical (unpaired) electrons. The molecule has 26 heavy (non-hydrogen) atoms. The molecule has 1 aliphatic carbocycles. The third-order valence-electron chi connectivity index (χ3n) is 5.14. The summed E-state index contributed by atoms with van der Waals surface area (Å²) >= 11 is 1.57. The van der Waals surface area contributed by atoms with E-state index in [-0.39, 0.29) is 5.60 Å². The molecule has 0 unspecified atom stereocenters. The summed E-state index contributed by atoms with van der Waals surface area (Å²) in [5.74, 6) is 0. The number of aryl methyl sites for hydroxylation is 1. The zero-order chi connectivity index (χ0) is 17.6. The van der Waals surface area contributed by atoms with Crippen LogP contribution in [-0.4, -0.2) is 25.3 Å². The van der Waals surface area contributed by atoms with Crippen molar-refractivity contribution >= 4 is 38.9 Å². The molecular weight excluding hydrogens is 348 g/mol. The number of nitrogens with zero attached hydrogens (tertiary/aromatic N) is 4. The summed E-state index contributed by atoms with van der Waals surface area (Å²) in [6, 6.07) is 0. The number of hydroxylamine groups is 1. The van der Waals surface area contributed by atoms with Crippen LogP contribution in [0.5, 0.6) is 0 Å². The zero-order valence-electron chi connectivity index (χ0n) is 14.5. The first-order chi connectivity index (χ1) is 12.8. The Bertz CT molecular complexity index is 971. The largest absolute Gasteiger partial charge is 0.330 e. The van der Waals surface area contributed by atoms with Gasteiger partial charge in [0.1, 0.15) is 5.60 Å². The number of rotatable bonds is 4. The summed E-state index contributed by atoms with van der Waals surface area (Å²) in [7, 11) is 0. The summed E-state index contributed by atoms with van der Waals surface area (Å²) in [5.41, 5.74) is 6.75. The summed E-state index contributed by atoms with van der Waals surface area (Å²) in [6.07, 6.45) is 12.3. The topological polar surface area (TPSA) is 76.9 Å². The second-order valence-corrected chi connectivity index (χ2v) is 7.64. The van der Waals surface area contributed by atoms with Crippen LogP contribution in [0.25, 0.3) is 16.7 Å². The summed E-state index contributed by atoms with van der Waals surface area (Å²) in [6.45, 7) is 2.84. The maximum atomic E-state index is 5.97. The van der Waals surface area contributed by atoms with Crippen molar-refractivity contribution in [3.05, 3.63) is 35.6 Å². The fourth-order valence-corrected chi connectivity index (χ4v) is 4.35. The van der Waals surface area contributed by atoms with Crippen LogP contribution < -0.4 is 10.8 Å². The predicted molar refractivity (Wildman–Crippen MR) is 102 cm³/mol. The smallest absolute Gasteiger partial charge is 0.187 e. The Morgan fingerprint density at radius 3 is 2.96 bits per heavy atom. The van der Waals surface area contributed by atoms with Crippen molar-refractivity contribution in [2.75, 3.05) is 5.32 Å². The van der Waals surface area contributed by atoms with Gasteiger partial charge in [-0.25, -0.2) is 14.6 Å². The van der Waals surface area contributed by atoms with Gasteiger partial charge in [0.05, 0.1) is 23.0 Å². The second kappa shape index (κ2) is 6.07. The Labute approximate surface area is 155 Å². The normalized spacial score (nSPS) is 18.4. The van der Waals surface area contributed by atoms with E-state index >= 15 is 0 Å². The fourth-order valence-electron chi connectivity index (χ4n) is 3.82. The van der Waals surface area contributed by atoms with E-state index in [4.69, 9.17) is 4.84 Å². The Hall–Kier alpha value is -2.45. The molecule has 2 N–H and O–H groups in total. The van der Waals surface area contributed by atoms with Crippen LogP contribution in [0.2, 0.25) is 0 Å². The third-order valence-corrected chi connectivity index (χ3v) is 5.83. The van der Waals surface area contributed by atoms with Gasteiger partial charge in [0, 0.05) is 29.9 Å². The van der Waals surface area contributed by atoms with Gasteiger partial charge in [-0.05, 0) is 25.8 Å². The van der Waals surface area contributed by atoms with Gasteiger partial charge in [0.2, 0.25) is 0 Å². The summed E-state index contributed by atoms with van der Waals surface area (Å²) < 4.78 is 1.90. The first-order valence-electron chi connectivity index (χ1n) is 8.96. The van der Waals surface area contributed by atoms with E-state index in [1.807, 2.05) is 22.5 Å². The van der Waals surface area contributed by atoms with E-state index in [0.717, 1.165) is 52.5 Å². The molecule has 1 spiro atoms. The highest BCUT2D eigenvalue weighted by atomic mass is 32.1. The molecule has 5 rings (SSSR count). The van der Waals surface area contributed by atoms with Gasteiger partial charge >= 0.3 is 0 Å². The maximum Gasteiger partial charge on any atom is 0.187 e. The molecular formula is C18H20N6OS. The molecule has 0 aromatic carbocycles. The highest BCUT2D eigenvalue weighted by Gasteiger charge is 2.38. The number of fused-ring (bicyclic) bond motifs is 1. The van der Waals surface area contributed by atoms with Gasteiger partial charge in [-0.1, -0.05) is 12.8 Å². The Kier molecular flexibility index (Phi) is 3.68. The number of nitrogens with one attached hydrogen (secondary N) is 2. The van der Waals surface area contributed by atoms with Crippen LogP contribution in [0.15, 0.2) is 30.0 Å². The maximum absolute atomic E-state index is 5.97. The van der Waals surface area contributed by atoms with Crippen LogP contribution in [-0.2, 0) is 11.4 Å². The Balaban J connectivity index is 1.64. The number of aromatic nitrogens is 4. The molecule has 8 heteroatoms. The van der Waals surface area contributed by atoms with Crippen molar-refractivity contribution in [1.82, 2.24) is 25.2 Å².